The van der Waals surface area contributed by atoms with E-state index in [9.17, 15) is 4.79 Å². The number of amides is 1. The molecule has 1 aliphatic rings. The van der Waals surface area contributed by atoms with Gasteiger partial charge in [-0.1, -0.05) is 24.6 Å². The molecule has 0 unspecified atom stereocenters. The molecular weight excluding hydrogens is 336 g/mol. The molecule has 0 atom stereocenters. The first-order valence-corrected chi connectivity index (χ1v) is 9.14. The topological polar surface area (TPSA) is 50.2 Å². The number of nitrogens with one attached hydrogen (secondary N) is 1. The Bertz CT molecular complexity index is 692. The average molecular weight is 365 g/mol. The minimum atomic E-state index is -0.0655. The van der Waals surface area contributed by atoms with Crippen molar-refractivity contribution in [3.8, 4) is 0 Å². The molecule has 1 amide bonds. The maximum absolute atomic E-state index is 12.5. The van der Waals surface area contributed by atoms with E-state index < -0.39 is 0 Å². The summed E-state index contributed by atoms with van der Waals surface area (Å²) in [4.78, 5) is 15.0. The summed E-state index contributed by atoms with van der Waals surface area (Å²) in [5.41, 5.74) is 1.56. The highest BCUT2D eigenvalue weighted by Crippen LogP contribution is 2.21. The van der Waals surface area contributed by atoms with Crippen LogP contribution in [0.4, 0.5) is 0 Å². The third kappa shape index (κ3) is 4.73. The summed E-state index contributed by atoms with van der Waals surface area (Å²) >= 11 is 0. The number of carbonyl (C=O) groups is 1. The van der Waals surface area contributed by atoms with Crippen LogP contribution in [-0.4, -0.2) is 46.8 Å². The molecule has 2 aromatic rings. The summed E-state index contributed by atoms with van der Waals surface area (Å²) < 4.78 is 1.93. The van der Waals surface area contributed by atoms with E-state index >= 15 is 0 Å². The summed E-state index contributed by atoms with van der Waals surface area (Å²) in [7, 11) is 0. The van der Waals surface area contributed by atoms with Crippen molar-refractivity contribution >= 4 is 29.2 Å². The highest BCUT2D eigenvalue weighted by molar-refractivity contribution is 6.04. The van der Waals surface area contributed by atoms with Gasteiger partial charge in [0.05, 0.1) is 5.52 Å². The molecular formula is C19H29ClN4O. The second-order valence-corrected chi connectivity index (χ2v) is 6.92. The lowest BCUT2D eigenvalue weighted by Gasteiger charge is -2.26. The molecule has 3 rings (SSSR count). The Hall–Kier alpha value is -1.59. The number of benzene rings is 1. The molecule has 5 nitrogen and oxygen atoms in total. The first-order valence-electron chi connectivity index (χ1n) is 9.14. The number of likely N-dealkylation sites (tertiary alicyclic amines) is 1. The third-order valence-electron chi connectivity index (χ3n) is 4.70. The van der Waals surface area contributed by atoms with E-state index in [2.05, 4.69) is 29.2 Å². The van der Waals surface area contributed by atoms with Gasteiger partial charge in [-0.3, -0.25) is 9.48 Å². The second kappa shape index (κ2) is 9.20. The van der Waals surface area contributed by atoms with Crippen molar-refractivity contribution in [2.45, 2.75) is 45.6 Å². The predicted molar refractivity (Wildman–Crippen MR) is 105 cm³/mol. The lowest BCUT2D eigenvalue weighted by atomic mass is 10.1. The summed E-state index contributed by atoms with van der Waals surface area (Å²) in [6.45, 7) is 8.36. The van der Waals surface area contributed by atoms with Crippen molar-refractivity contribution in [2.24, 2.45) is 0 Å². The van der Waals surface area contributed by atoms with Gasteiger partial charge in [-0.05, 0) is 58.8 Å². The van der Waals surface area contributed by atoms with E-state index in [-0.39, 0.29) is 24.4 Å². The zero-order valence-electron chi connectivity index (χ0n) is 15.2. The van der Waals surface area contributed by atoms with Crippen molar-refractivity contribution < 1.29 is 4.79 Å². The van der Waals surface area contributed by atoms with E-state index in [4.69, 9.17) is 0 Å². The standard InChI is InChI=1S/C19H28N4O.ClH/c1-15(2)23-17-10-5-4-9-16(17)18(21-23)19(24)20-11-8-14-22-12-6-3-7-13-22;/h4-5,9-10,15H,3,6-8,11-14H2,1-2H3,(H,20,24);1H. The van der Waals surface area contributed by atoms with E-state index in [1.807, 2.05) is 28.9 Å². The number of aromatic nitrogens is 2. The van der Waals surface area contributed by atoms with Gasteiger partial charge in [-0.25, -0.2) is 0 Å². The first-order chi connectivity index (χ1) is 11.7. The molecule has 2 heterocycles. The maximum Gasteiger partial charge on any atom is 0.272 e. The van der Waals surface area contributed by atoms with Crippen molar-refractivity contribution in [3.05, 3.63) is 30.0 Å². The Morgan fingerprint density at radius 1 is 1.20 bits per heavy atom. The monoisotopic (exact) mass is 364 g/mol. The smallest absolute Gasteiger partial charge is 0.272 e. The van der Waals surface area contributed by atoms with Crippen LogP contribution < -0.4 is 5.32 Å². The van der Waals surface area contributed by atoms with Crippen LogP contribution in [0.25, 0.3) is 10.9 Å². The van der Waals surface area contributed by atoms with Crippen molar-refractivity contribution in [1.29, 1.82) is 0 Å². The van der Waals surface area contributed by atoms with Crippen LogP contribution in [0.2, 0.25) is 0 Å². The second-order valence-electron chi connectivity index (χ2n) is 6.92. The summed E-state index contributed by atoms with van der Waals surface area (Å²) in [6.07, 6.45) is 4.98. The van der Waals surface area contributed by atoms with Gasteiger partial charge in [0.15, 0.2) is 5.69 Å². The summed E-state index contributed by atoms with van der Waals surface area (Å²) in [5.74, 6) is -0.0655. The van der Waals surface area contributed by atoms with Crippen LogP contribution in [0.1, 0.15) is 56.1 Å². The van der Waals surface area contributed by atoms with Crippen LogP contribution in [0.5, 0.6) is 0 Å². The van der Waals surface area contributed by atoms with Gasteiger partial charge in [0.2, 0.25) is 0 Å². The van der Waals surface area contributed by atoms with Gasteiger partial charge in [0.25, 0.3) is 5.91 Å². The molecule has 0 bridgehead atoms. The molecule has 0 saturated carbocycles. The highest BCUT2D eigenvalue weighted by atomic mass is 35.5. The van der Waals surface area contributed by atoms with E-state index in [0.717, 1.165) is 23.9 Å². The van der Waals surface area contributed by atoms with E-state index in [0.29, 0.717) is 12.2 Å². The van der Waals surface area contributed by atoms with Gasteiger partial charge in [-0.2, -0.15) is 5.10 Å². The van der Waals surface area contributed by atoms with Crippen LogP contribution in [0, 0.1) is 0 Å². The van der Waals surface area contributed by atoms with Gasteiger partial charge in [0.1, 0.15) is 0 Å². The number of halogens is 1. The number of carbonyl (C=O) groups excluding carboxylic acids is 1. The molecule has 1 aromatic heterocycles. The highest BCUT2D eigenvalue weighted by Gasteiger charge is 2.18. The molecule has 1 fully saturated rings. The Labute approximate surface area is 156 Å². The Balaban J connectivity index is 0.00000225. The largest absolute Gasteiger partial charge is 0.351 e. The molecule has 25 heavy (non-hydrogen) atoms. The molecule has 0 radical (unpaired) electrons. The predicted octanol–water partition coefficient (Wildman–Crippen LogP) is 3.64. The van der Waals surface area contributed by atoms with Crippen LogP contribution >= 0.6 is 12.4 Å². The van der Waals surface area contributed by atoms with Gasteiger partial charge >= 0.3 is 0 Å². The number of para-hydroxylation sites is 1. The van der Waals surface area contributed by atoms with Gasteiger partial charge in [0, 0.05) is 18.0 Å². The molecule has 1 aromatic carbocycles. The molecule has 1 aliphatic heterocycles. The molecule has 1 saturated heterocycles. The number of rotatable bonds is 6. The summed E-state index contributed by atoms with van der Waals surface area (Å²) in [6, 6.07) is 8.18. The summed E-state index contributed by atoms with van der Waals surface area (Å²) in [5, 5.41) is 8.52. The Morgan fingerprint density at radius 2 is 1.92 bits per heavy atom. The van der Waals surface area contributed by atoms with Crippen molar-refractivity contribution in [1.82, 2.24) is 20.0 Å². The van der Waals surface area contributed by atoms with Gasteiger partial charge in [-0.15, -0.1) is 12.4 Å². The zero-order chi connectivity index (χ0) is 16.9. The number of hydrogen-bond acceptors (Lipinski definition) is 3. The van der Waals surface area contributed by atoms with E-state index in [1.165, 1.54) is 32.4 Å². The van der Waals surface area contributed by atoms with Crippen molar-refractivity contribution in [3.63, 3.8) is 0 Å². The fourth-order valence-electron chi connectivity index (χ4n) is 3.42. The normalized spacial score (nSPS) is 15.3. The number of fused-ring (bicyclic) bond motifs is 1. The lowest BCUT2D eigenvalue weighted by molar-refractivity contribution is 0.0946. The fraction of sp³-hybridized carbons (Fsp3) is 0.579. The number of hydrogen-bond donors (Lipinski definition) is 1. The Kier molecular flexibility index (Phi) is 7.26. The van der Waals surface area contributed by atoms with Crippen LogP contribution in [-0.2, 0) is 0 Å². The SMILES string of the molecule is CC(C)n1nc(C(=O)NCCCN2CCCCC2)c2ccccc21.Cl. The minimum absolute atomic E-state index is 0. The molecule has 0 spiro atoms. The maximum atomic E-state index is 12.5. The zero-order valence-corrected chi connectivity index (χ0v) is 16.0. The molecule has 138 valence electrons. The quantitative estimate of drug-likeness (QED) is 0.796. The number of nitrogens with zero attached hydrogens (tertiary/aromatic N) is 3. The molecule has 1 N–H and O–H groups in total. The molecule has 0 aliphatic carbocycles. The average Bonchev–Trinajstić information content (AvgIpc) is 2.99. The minimum Gasteiger partial charge on any atom is -0.351 e. The lowest BCUT2D eigenvalue weighted by Crippen LogP contribution is -2.33. The van der Waals surface area contributed by atoms with Gasteiger partial charge < -0.3 is 10.2 Å². The Morgan fingerprint density at radius 3 is 2.64 bits per heavy atom. The van der Waals surface area contributed by atoms with Crippen LogP contribution in [0.3, 0.4) is 0 Å². The number of piperidine rings is 1. The van der Waals surface area contributed by atoms with Crippen molar-refractivity contribution in [2.75, 3.05) is 26.2 Å². The van der Waals surface area contributed by atoms with Crippen LogP contribution in [0.15, 0.2) is 24.3 Å². The first kappa shape index (κ1) is 19.7. The third-order valence-corrected chi connectivity index (χ3v) is 4.70. The fourth-order valence-corrected chi connectivity index (χ4v) is 3.42. The van der Waals surface area contributed by atoms with E-state index in [1.54, 1.807) is 0 Å². The molecule has 6 heteroatoms.